The first-order valence-corrected chi connectivity index (χ1v) is 5.60. The minimum absolute atomic E-state index is 0. The zero-order chi connectivity index (χ0) is 11.5. The first kappa shape index (κ1) is 14.0. The van der Waals surface area contributed by atoms with Crippen molar-refractivity contribution in [1.82, 2.24) is 15.3 Å². The number of anilines is 1. The average molecular weight is 259 g/mol. The third-order valence-electron chi connectivity index (χ3n) is 2.74. The van der Waals surface area contributed by atoms with Crippen LogP contribution < -0.4 is 15.0 Å². The number of nitrogens with zero attached hydrogens (tertiary/aromatic N) is 3. The number of ether oxygens (including phenoxy) is 1. The third-order valence-corrected chi connectivity index (χ3v) is 2.74. The first-order chi connectivity index (χ1) is 7.68. The van der Waals surface area contributed by atoms with Gasteiger partial charge in [-0.25, -0.2) is 0 Å². The lowest BCUT2D eigenvalue weighted by Gasteiger charge is -2.22. The van der Waals surface area contributed by atoms with Crippen LogP contribution in [0.5, 0.6) is 5.88 Å². The monoisotopic (exact) mass is 258 g/mol. The summed E-state index contributed by atoms with van der Waals surface area (Å²) in [4.78, 5) is 11.0. The number of rotatable bonds is 2. The Bertz CT molecular complexity index is 372. The van der Waals surface area contributed by atoms with Crippen molar-refractivity contribution in [1.29, 1.82) is 0 Å². The van der Waals surface area contributed by atoms with Crippen molar-refractivity contribution in [3.8, 4) is 5.88 Å². The normalized spacial score (nSPS) is 14.4. The van der Waals surface area contributed by atoms with Gasteiger partial charge in [-0.15, -0.1) is 12.4 Å². The highest BCUT2D eigenvalue weighted by Gasteiger charge is 2.14. The smallest absolute Gasteiger partial charge is 0.239 e. The van der Waals surface area contributed by atoms with Crippen LogP contribution in [0.25, 0.3) is 0 Å². The molecule has 1 aliphatic heterocycles. The molecule has 0 fully saturated rings. The minimum Gasteiger partial charge on any atom is -0.475 e. The molecule has 5 nitrogen and oxygen atoms in total. The highest BCUT2D eigenvalue weighted by molar-refractivity contribution is 5.85. The van der Waals surface area contributed by atoms with E-state index in [4.69, 9.17) is 4.74 Å². The number of fused-ring (bicyclic) bond motifs is 1. The van der Waals surface area contributed by atoms with Crippen LogP contribution in [0.4, 0.5) is 5.82 Å². The molecule has 6 heteroatoms. The Morgan fingerprint density at radius 1 is 1.47 bits per heavy atom. The Morgan fingerprint density at radius 2 is 2.24 bits per heavy atom. The summed E-state index contributed by atoms with van der Waals surface area (Å²) in [6.07, 6.45) is 1.80. The van der Waals surface area contributed by atoms with Crippen LogP contribution in [0, 0.1) is 0 Å². The van der Waals surface area contributed by atoms with E-state index >= 15 is 0 Å². The molecule has 0 radical (unpaired) electrons. The van der Waals surface area contributed by atoms with Gasteiger partial charge in [-0.3, -0.25) is 4.98 Å². The molecule has 2 rings (SSSR count). The van der Waals surface area contributed by atoms with Crippen molar-refractivity contribution in [2.75, 3.05) is 25.1 Å². The lowest BCUT2D eigenvalue weighted by Crippen LogP contribution is -2.27. The van der Waals surface area contributed by atoms with Crippen molar-refractivity contribution >= 4 is 18.2 Å². The lowest BCUT2D eigenvalue weighted by molar-refractivity contribution is 0.313. The van der Waals surface area contributed by atoms with E-state index in [1.54, 1.807) is 6.20 Å². The Labute approximate surface area is 108 Å². The molecule has 0 amide bonds. The Balaban J connectivity index is 0.00000144. The number of halogens is 1. The van der Waals surface area contributed by atoms with Crippen LogP contribution in [0.15, 0.2) is 6.20 Å². The van der Waals surface area contributed by atoms with Gasteiger partial charge >= 0.3 is 0 Å². The van der Waals surface area contributed by atoms with Gasteiger partial charge in [0.25, 0.3) is 0 Å². The molecule has 0 atom stereocenters. The van der Waals surface area contributed by atoms with Crippen LogP contribution in [0.3, 0.4) is 0 Å². The second-order valence-corrected chi connectivity index (χ2v) is 4.21. The van der Waals surface area contributed by atoms with Gasteiger partial charge in [-0.1, -0.05) is 0 Å². The molecule has 0 aromatic carbocycles. The largest absolute Gasteiger partial charge is 0.475 e. The van der Waals surface area contributed by atoms with E-state index in [2.05, 4.69) is 34.0 Å². The molecule has 2 heterocycles. The lowest BCUT2D eigenvalue weighted by atomic mass is 10.3. The van der Waals surface area contributed by atoms with Gasteiger partial charge in [0, 0.05) is 26.2 Å². The van der Waals surface area contributed by atoms with Gasteiger partial charge in [0.15, 0.2) is 5.82 Å². The molecule has 1 aromatic heterocycles. The maximum atomic E-state index is 5.56. The molecule has 0 saturated carbocycles. The van der Waals surface area contributed by atoms with Crippen LogP contribution in [-0.2, 0) is 6.54 Å². The Kier molecular flexibility index (Phi) is 4.96. The van der Waals surface area contributed by atoms with Gasteiger partial charge in [0.2, 0.25) is 5.88 Å². The number of hydrogen-bond acceptors (Lipinski definition) is 5. The minimum atomic E-state index is 0. The molecule has 0 bridgehead atoms. The van der Waals surface area contributed by atoms with Gasteiger partial charge in [-0.2, -0.15) is 4.98 Å². The number of hydrogen-bond donors (Lipinski definition) is 1. The summed E-state index contributed by atoms with van der Waals surface area (Å²) in [5.41, 5.74) is 0.887. The molecular formula is C11H19ClN4O. The topological polar surface area (TPSA) is 50.3 Å². The zero-order valence-corrected chi connectivity index (χ0v) is 11.3. The van der Waals surface area contributed by atoms with E-state index in [-0.39, 0.29) is 12.4 Å². The molecule has 1 aliphatic rings. The van der Waals surface area contributed by atoms with Gasteiger partial charge in [0.1, 0.15) is 12.3 Å². The number of aromatic nitrogens is 2. The number of nitrogens with one attached hydrogen (secondary N) is 1. The zero-order valence-electron chi connectivity index (χ0n) is 10.4. The second-order valence-electron chi connectivity index (χ2n) is 4.21. The molecule has 17 heavy (non-hydrogen) atoms. The SMILES string of the molecule is CC(C)N(C)c1cnc2c(n1)OCCNC2.Cl. The second kappa shape index (κ2) is 6.02. The standard InChI is InChI=1S/C11H18N4O.ClH/c1-8(2)15(3)10-7-13-9-6-12-4-5-16-11(9)14-10;/h7-8,12H,4-6H2,1-3H3;1H. The molecule has 1 N–H and O–H groups in total. The summed E-state index contributed by atoms with van der Waals surface area (Å²) in [6.45, 7) is 6.46. The van der Waals surface area contributed by atoms with Crippen molar-refractivity contribution in [3.63, 3.8) is 0 Å². The molecule has 0 spiro atoms. The van der Waals surface area contributed by atoms with Crippen molar-refractivity contribution in [2.45, 2.75) is 26.4 Å². The highest BCUT2D eigenvalue weighted by atomic mass is 35.5. The fourth-order valence-corrected chi connectivity index (χ4v) is 1.49. The third kappa shape index (κ3) is 3.20. The molecule has 0 saturated heterocycles. The maximum Gasteiger partial charge on any atom is 0.239 e. The molecule has 0 aliphatic carbocycles. The molecule has 96 valence electrons. The van der Waals surface area contributed by atoms with Crippen molar-refractivity contribution < 1.29 is 4.74 Å². The van der Waals surface area contributed by atoms with E-state index in [1.807, 2.05) is 7.05 Å². The summed E-state index contributed by atoms with van der Waals surface area (Å²) in [5, 5.41) is 3.23. The first-order valence-electron chi connectivity index (χ1n) is 5.60. The van der Waals surface area contributed by atoms with E-state index in [1.165, 1.54) is 0 Å². The van der Waals surface area contributed by atoms with Crippen LogP contribution >= 0.6 is 12.4 Å². The fourth-order valence-electron chi connectivity index (χ4n) is 1.49. The summed E-state index contributed by atoms with van der Waals surface area (Å²) in [6, 6.07) is 0.399. The van der Waals surface area contributed by atoms with E-state index < -0.39 is 0 Å². The van der Waals surface area contributed by atoms with E-state index in [9.17, 15) is 0 Å². The van der Waals surface area contributed by atoms with Gasteiger partial charge < -0.3 is 15.0 Å². The quantitative estimate of drug-likeness (QED) is 0.865. The van der Waals surface area contributed by atoms with E-state index in [0.29, 0.717) is 18.5 Å². The molecule has 1 aromatic rings. The van der Waals surface area contributed by atoms with Crippen LogP contribution in [0.2, 0.25) is 0 Å². The van der Waals surface area contributed by atoms with Crippen molar-refractivity contribution in [3.05, 3.63) is 11.9 Å². The molecule has 0 unspecified atom stereocenters. The highest BCUT2D eigenvalue weighted by Crippen LogP contribution is 2.20. The van der Waals surface area contributed by atoms with Gasteiger partial charge in [-0.05, 0) is 13.8 Å². The Hall–Kier alpha value is -1.07. The van der Waals surface area contributed by atoms with Gasteiger partial charge in [0.05, 0.1) is 6.20 Å². The average Bonchev–Trinajstić information content (AvgIpc) is 2.51. The summed E-state index contributed by atoms with van der Waals surface area (Å²) < 4.78 is 5.56. The summed E-state index contributed by atoms with van der Waals surface area (Å²) >= 11 is 0. The molecular weight excluding hydrogens is 240 g/mol. The maximum absolute atomic E-state index is 5.56. The van der Waals surface area contributed by atoms with Crippen LogP contribution in [0.1, 0.15) is 19.5 Å². The van der Waals surface area contributed by atoms with Crippen molar-refractivity contribution in [2.24, 2.45) is 0 Å². The predicted octanol–water partition coefficient (Wildman–Crippen LogP) is 1.22. The van der Waals surface area contributed by atoms with E-state index in [0.717, 1.165) is 24.6 Å². The fraction of sp³-hybridized carbons (Fsp3) is 0.636. The van der Waals surface area contributed by atoms with Crippen LogP contribution in [-0.4, -0.2) is 36.2 Å². The summed E-state index contributed by atoms with van der Waals surface area (Å²) in [7, 11) is 2.01. The predicted molar refractivity (Wildman–Crippen MR) is 70.0 cm³/mol. The Morgan fingerprint density at radius 3 is 2.94 bits per heavy atom. The summed E-state index contributed by atoms with van der Waals surface area (Å²) in [5.74, 6) is 1.52.